The Bertz CT molecular complexity index is 827. The van der Waals surface area contributed by atoms with Gasteiger partial charge in [-0.25, -0.2) is 0 Å². The van der Waals surface area contributed by atoms with E-state index in [1.54, 1.807) is 24.3 Å². The Balaban J connectivity index is 1.74. The zero-order valence-electron chi connectivity index (χ0n) is 16.0. The van der Waals surface area contributed by atoms with Gasteiger partial charge in [-0.15, -0.1) is 0 Å². The van der Waals surface area contributed by atoms with E-state index in [0.29, 0.717) is 11.5 Å². The van der Waals surface area contributed by atoms with Gasteiger partial charge in [0, 0.05) is 23.9 Å². The first kappa shape index (κ1) is 18.6. The molecule has 2 aromatic rings. The number of fused-ring (bicyclic) bond motifs is 2. The molecule has 4 rings (SSSR count). The number of aromatic hydroxyl groups is 2. The molecular formula is C22H25NO5. The number of rotatable bonds is 4. The zero-order valence-corrected chi connectivity index (χ0v) is 16.0. The van der Waals surface area contributed by atoms with Crippen LogP contribution in [0.5, 0.6) is 23.0 Å². The standard InChI is InChI=1S/C22H25NO5/c1-27-18-10-12(6-8-16(18)24)20-14-4-3-5-15(22(14)26)21(23-20)13-7-9-17(25)19(11-13)28-2/h6-11,14-15,20-21,23-25H,3-5H2,1-2H3/t14-,15+,20+,21-. The quantitative estimate of drug-likeness (QED) is 0.749. The van der Waals surface area contributed by atoms with Gasteiger partial charge in [-0.3, -0.25) is 4.79 Å². The van der Waals surface area contributed by atoms with E-state index >= 15 is 0 Å². The molecule has 6 heteroatoms. The van der Waals surface area contributed by atoms with Crippen LogP contribution >= 0.6 is 0 Å². The van der Waals surface area contributed by atoms with Crippen molar-refractivity contribution in [1.82, 2.24) is 5.32 Å². The molecule has 4 atom stereocenters. The lowest BCUT2D eigenvalue weighted by molar-refractivity contribution is -0.135. The van der Waals surface area contributed by atoms with Gasteiger partial charge in [-0.1, -0.05) is 18.6 Å². The summed E-state index contributed by atoms with van der Waals surface area (Å²) in [7, 11) is 3.03. The summed E-state index contributed by atoms with van der Waals surface area (Å²) in [5, 5.41) is 23.5. The molecule has 0 radical (unpaired) electrons. The van der Waals surface area contributed by atoms with E-state index in [0.717, 1.165) is 30.4 Å². The lowest BCUT2D eigenvalue weighted by Gasteiger charge is -2.45. The van der Waals surface area contributed by atoms with Gasteiger partial charge in [0.1, 0.15) is 5.78 Å². The second kappa shape index (κ2) is 7.36. The maximum absolute atomic E-state index is 13.2. The van der Waals surface area contributed by atoms with Crippen molar-refractivity contribution in [3.63, 3.8) is 0 Å². The van der Waals surface area contributed by atoms with E-state index in [2.05, 4.69) is 5.32 Å². The highest BCUT2D eigenvalue weighted by Gasteiger charge is 2.46. The molecule has 28 heavy (non-hydrogen) atoms. The molecule has 0 aromatic heterocycles. The normalized spacial score (nSPS) is 26.7. The van der Waals surface area contributed by atoms with Crippen molar-refractivity contribution in [1.29, 1.82) is 0 Å². The van der Waals surface area contributed by atoms with E-state index in [1.807, 2.05) is 12.1 Å². The Morgan fingerprint density at radius 3 is 1.75 bits per heavy atom. The average Bonchev–Trinajstić information content (AvgIpc) is 2.69. The van der Waals surface area contributed by atoms with Crippen molar-refractivity contribution in [3.8, 4) is 23.0 Å². The van der Waals surface area contributed by atoms with Crippen LogP contribution in [0.3, 0.4) is 0 Å². The molecule has 0 amide bonds. The first-order valence-electron chi connectivity index (χ1n) is 9.57. The van der Waals surface area contributed by atoms with Gasteiger partial charge in [0.2, 0.25) is 0 Å². The Morgan fingerprint density at radius 2 is 1.32 bits per heavy atom. The minimum atomic E-state index is -0.164. The topological polar surface area (TPSA) is 88.0 Å². The number of ether oxygens (including phenoxy) is 2. The van der Waals surface area contributed by atoms with Crippen molar-refractivity contribution in [2.75, 3.05) is 14.2 Å². The second-order valence-electron chi connectivity index (χ2n) is 7.53. The summed E-state index contributed by atoms with van der Waals surface area (Å²) in [6, 6.07) is 10.2. The fraction of sp³-hybridized carbons (Fsp3) is 0.409. The molecule has 0 spiro atoms. The SMILES string of the molecule is COc1cc([C@H]2N[C@@H](c3ccc(O)c(OC)c3)[C@H]3CCC[C@@H]2C3=O)ccc1O. The van der Waals surface area contributed by atoms with Gasteiger partial charge in [-0.05, 0) is 48.2 Å². The number of hydrogen-bond donors (Lipinski definition) is 3. The van der Waals surface area contributed by atoms with Gasteiger partial charge < -0.3 is 25.0 Å². The average molecular weight is 383 g/mol. The van der Waals surface area contributed by atoms with Crippen molar-refractivity contribution < 1.29 is 24.5 Å². The van der Waals surface area contributed by atoms with Crippen LogP contribution in [0.2, 0.25) is 0 Å². The van der Waals surface area contributed by atoms with Crippen LogP contribution in [0.1, 0.15) is 42.5 Å². The highest BCUT2D eigenvalue weighted by atomic mass is 16.5. The predicted molar refractivity (Wildman–Crippen MR) is 104 cm³/mol. The lowest BCUT2D eigenvalue weighted by Crippen LogP contribution is -2.50. The lowest BCUT2D eigenvalue weighted by atomic mass is 9.67. The van der Waals surface area contributed by atoms with Crippen LogP contribution in [0.4, 0.5) is 0 Å². The first-order valence-corrected chi connectivity index (χ1v) is 9.57. The Hall–Kier alpha value is -2.73. The Labute approximate surface area is 164 Å². The molecule has 2 fully saturated rings. The van der Waals surface area contributed by atoms with E-state index in [1.165, 1.54) is 14.2 Å². The van der Waals surface area contributed by atoms with Crippen LogP contribution in [0, 0.1) is 11.8 Å². The highest BCUT2D eigenvalue weighted by Crippen LogP contribution is 2.47. The Kier molecular flexibility index (Phi) is 4.89. The fourth-order valence-electron chi connectivity index (χ4n) is 4.64. The van der Waals surface area contributed by atoms with Crippen LogP contribution < -0.4 is 14.8 Å². The van der Waals surface area contributed by atoms with E-state index in [9.17, 15) is 15.0 Å². The molecule has 148 valence electrons. The van der Waals surface area contributed by atoms with Gasteiger partial charge in [0.05, 0.1) is 14.2 Å². The molecule has 2 aromatic carbocycles. The molecule has 2 aliphatic rings. The minimum Gasteiger partial charge on any atom is -0.504 e. The highest BCUT2D eigenvalue weighted by molar-refractivity contribution is 5.87. The Morgan fingerprint density at radius 1 is 0.857 bits per heavy atom. The number of carbonyl (C=O) groups is 1. The largest absolute Gasteiger partial charge is 0.504 e. The summed E-state index contributed by atoms with van der Waals surface area (Å²) in [5.41, 5.74) is 1.84. The third-order valence-corrected chi connectivity index (χ3v) is 6.05. The van der Waals surface area contributed by atoms with Crippen molar-refractivity contribution in [2.24, 2.45) is 11.8 Å². The number of phenols is 2. The summed E-state index contributed by atoms with van der Waals surface area (Å²) in [6.07, 6.45) is 2.70. The summed E-state index contributed by atoms with van der Waals surface area (Å²) < 4.78 is 10.5. The van der Waals surface area contributed by atoms with Crippen LogP contribution in [0.15, 0.2) is 36.4 Å². The number of Topliss-reactive ketones (excluding diaryl/α,β-unsaturated/α-hetero) is 1. The number of nitrogens with one attached hydrogen (secondary N) is 1. The molecule has 2 bridgehead atoms. The van der Waals surface area contributed by atoms with E-state index in [4.69, 9.17) is 9.47 Å². The fourth-order valence-corrected chi connectivity index (χ4v) is 4.64. The summed E-state index contributed by atoms with van der Waals surface area (Å²) >= 11 is 0. The summed E-state index contributed by atoms with van der Waals surface area (Å²) in [6.45, 7) is 0. The van der Waals surface area contributed by atoms with Crippen molar-refractivity contribution >= 4 is 5.78 Å². The van der Waals surface area contributed by atoms with E-state index < -0.39 is 0 Å². The molecular weight excluding hydrogens is 358 g/mol. The number of methoxy groups -OCH3 is 2. The van der Waals surface area contributed by atoms with Crippen LogP contribution in [-0.2, 0) is 4.79 Å². The van der Waals surface area contributed by atoms with Gasteiger partial charge >= 0.3 is 0 Å². The van der Waals surface area contributed by atoms with Gasteiger partial charge in [-0.2, -0.15) is 0 Å². The second-order valence-corrected chi connectivity index (χ2v) is 7.53. The summed E-state index contributed by atoms with van der Waals surface area (Å²) in [4.78, 5) is 13.2. The number of hydrogen-bond acceptors (Lipinski definition) is 6. The maximum Gasteiger partial charge on any atom is 0.160 e. The number of benzene rings is 2. The van der Waals surface area contributed by atoms with Gasteiger partial charge in [0.15, 0.2) is 23.0 Å². The monoisotopic (exact) mass is 383 g/mol. The number of piperidine rings is 1. The number of phenolic OH excluding ortho intramolecular Hbond substituents is 2. The minimum absolute atomic E-state index is 0.0785. The van der Waals surface area contributed by atoms with Crippen molar-refractivity contribution in [2.45, 2.75) is 31.3 Å². The molecule has 1 heterocycles. The molecule has 3 N–H and O–H groups in total. The van der Waals surface area contributed by atoms with Crippen LogP contribution in [-0.4, -0.2) is 30.2 Å². The molecule has 0 unspecified atom stereocenters. The first-order chi connectivity index (χ1) is 13.5. The van der Waals surface area contributed by atoms with Crippen LogP contribution in [0.25, 0.3) is 0 Å². The smallest absolute Gasteiger partial charge is 0.160 e. The molecule has 1 aliphatic carbocycles. The molecule has 1 saturated carbocycles. The predicted octanol–water partition coefficient (Wildman–Crippen LogP) is 3.49. The van der Waals surface area contributed by atoms with E-state index in [-0.39, 0.29) is 41.2 Å². The molecule has 1 saturated heterocycles. The summed E-state index contributed by atoms with van der Waals surface area (Å²) in [5.74, 6) is 1.04. The zero-order chi connectivity index (χ0) is 19.8. The third kappa shape index (κ3) is 3.07. The van der Waals surface area contributed by atoms with Crippen molar-refractivity contribution in [3.05, 3.63) is 47.5 Å². The molecule has 6 nitrogen and oxygen atoms in total. The number of carbonyl (C=O) groups excluding carboxylic acids is 1. The van der Waals surface area contributed by atoms with Gasteiger partial charge in [0.25, 0.3) is 0 Å². The maximum atomic E-state index is 13.2. The third-order valence-electron chi connectivity index (χ3n) is 6.05. The molecule has 1 aliphatic heterocycles. The number of ketones is 1.